The van der Waals surface area contributed by atoms with E-state index in [1.807, 2.05) is 72.8 Å². The summed E-state index contributed by atoms with van der Waals surface area (Å²) >= 11 is 0. The molecule has 8 rings (SSSR count). The van der Waals surface area contributed by atoms with Gasteiger partial charge in [-0.3, -0.25) is 24.0 Å². The number of aromatic hydroxyl groups is 1. The number of nitrogens with one attached hydrogen (secondary N) is 2. The predicted molar refractivity (Wildman–Crippen MR) is 216 cm³/mol. The van der Waals surface area contributed by atoms with E-state index in [0.29, 0.717) is 19.3 Å². The number of esters is 2. The summed E-state index contributed by atoms with van der Waals surface area (Å²) in [5.41, 5.74) is 2.59. The quantitative estimate of drug-likeness (QED) is 0.173. The first kappa shape index (κ1) is 41.6. The molecule has 3 aliphatic heterocycles. The van der Waals surface area contributed by atoms with E-state index in [4.69, 9.17) is 23.8 Å². The lowest BCUT2D eigenvalue weighted by Crippen LogP contribution is -2.69. The fourth-order valence-electron chi connectivity index (χ4n) is 9.41. The van der Waals surface area contributed by atoms with Crippen LogP contribution in [0.5, 0.6) is 5.75 Å². The van der Waals surface area contributed by atoms with Crippen LogP contribution in [-0.2, 0) is 68.8 Å². The van der Waals surface area contributed by atoms with Gasteiger partial charge in [-0.1, -0.05) is 78.9 Å². The van der Waals surface area contributed by atoms with Crippen molar-refractivity contribution in [2.45, 2.75) is 120 Å². The monoisotopic (exact) mass is 823 g/mol. The zero-order valence-corrected chi connectivity index (χ0v) is 34.1. The van der Waals surface area contributed by atoms with E-state index in [2.05, 4.69) is 10.6 Å². The minimum atomic E-state index is -1.45. The van der Waals surface area contributed by atoms with E-state index < -0.39 is 77.1 Å². The summed E-state index contributed by atoms with van der Waals surface area (Å²) in [7, 11) is 0. The van der Waals surface area contributed by atoms with Gasteiger partial charge in [0.15, 0.2) is 11.8 Å². The zero-order chi connectivity index (χ0) is 42.2. The molecule has 7 atom stereocenters. The molecular weight excluding hydrogens is 771 g/mol. The Morgan fingerprint density at radius 3 is 2.35 bits per heavy atom. The van der Waals surface area contributed by atoms with Gasteiger partial charge in [-0.25, -0.2) is 0 Å². The van der Waals surface area contributed by atoms with Crippen LogP contribution in [-0.4, -0.2) is 100 Å². The lowest BCUT2D eigenvalue weighted by Gasteiger charge is -2.48. The molecule has 0 unspecified atom stereocenters. The average molecular weight is 824 g/mol. The van der Waals surface area contributed by atoms with Gasteiger partial charge >= 0.3 is 11.9 Å². The summed E-state index contributed by atoms with van der Waals surface area (Å²) in [5.74, 6) is -2.73. The number of fused-ring (bicyclic) bond motifs is 5. The normalized spacial score (nSPS) is 26.7. The average Bonchev–Trinajstić information content (AvgIpc) is 3.88. The summed E-state index contributed by atoms with van der Waals surface area (Å²) in [6.07, 6.45) is 2.46. The Morgan fingerprint density at radius 2 is 1.63 bits per heavy atom. The predicted octanol–water partition coefficient (Wildman–Crippen LogP) is 3.83. The topological polar surface area (TPSA) is 182 Å². The van der Waals surface area contributed by atoms with Gasteiger partial charge in [0, 0.05) is 38.6 Å². The van der Waals surface area contributed by atoms with E-state index in [1.54, 1.807) is 38.0 Å². The molecule has 318 valence electrons. The number of nitrogens with zero attached hydrogens (tertiary/aromatic N) is 1. The van der Waals surface area contributed by atoms with Gasteiger partial charge in [0.1, 0.15) is 41.2 Å². The van der Waals surface area contributed by atoms with Gasteiger partial charge in [-0.2, -0.15) is 5.06 Å². The van der Waals surface area contributed by atoms with Gasteiger partial charge in [-0.05, 0) is 67.5 Å². The number of para-hydroxylation sites is 1. The number of phenols is 1. The van der Waals surface area contributed by atoms with Crippen molar-refractivity contribution in [3.8, 4) is 5.75 Å². The number of rotatable bonds is 14. The number of carbonyl (C=O) groups is 4. The fraction of sp³-hybridized carbons (Fsp3) is 0.478. The fourth-order valence-corrected chi connectivity index (χ4v) is 9.41. The van der Waals surface area contributed by atoms with E-state index in [9.17, 15) is 29.4 Å². The van der Waals surface area contributed by atoms with Crippen LogP contribution in [0.25, 0.3) is 6.08 Å². The summed E-state index contributed by atoms with van der Waals surface area (Å²) in [5, 5.41) is 27.4. The molecule has 2 aliphatic carbocycles. The van der Waals surface area contributed by atoms with Crippen molar-refractivity contribution in [1.82, 2.24) is 15.7 Å². The molecule has 1 saturated carbocycles. The van der Waals surface area contributed by atoms with Crippen LogP contribution in [0, 0.1) is 5.41 Å². The lowest BCUT2D eigenvalue weighted by molar-refractivity contribution is -0.217. The largest absolute Gasteiger partial charge is 0.508 e. The first-order chi connectivity index (χ1) is 28.8. The third-order valence-corrected chi connectivity index (χ3v) is 12.1. The molecule has 3 aromatic rings. The number of hydrogen-bond acceptors (Lipinski definition) is 12. The molecule has 3 aromatic carbocycles. The number of allylic oxidation sites excluding steroid dienone is 1. The molecule has 4 N–H and O–H groups in total. The summed E-state index contributed by atoms with van der Waals surface area (Å²) in [4.78, 5) is 61.0. The number of hydroxylamine groups is 2. The van der Waals surface area contributed by atoms with Gasteiger partial charge in [0.25, 0.3) is 0 Å². The number of aliphatic hydroxyl groups is 1. The Balaban J connectivity index is 1.01. The van der Waals surface area contributed by atoms with Gasteiger partial charge < -0.3 is 39.8 Å². The molecule has 3 saturated heterocycles. The van der Waals surface area contributed by atoms with Crippen LogP contribution in [0.3, 0.4) is 0 Å². The highest BCUT2D eigenvalue weighted by Crippen LogP contribution is 2.58. The van der Waals surface area contributed by atoms with Crippen molar-refractivity contribution < 1.29 is 53.2 Å². The molecule has 5 aliphatic rings. The van der Waals surface area contributed by atoms with Crippen molar-refractivity contribution in [3.05, 3.63) is 107 Å². The second-order valence-corrected chi connectivity index (χ2v) is 17.4. The van der Waals surface area contributed by atoms with E-state index >= 15 is 0 Å². The molecular formula is C46H53N3O11. The van der Waals surface area contributed by atoms with E-state index in [1.165, 1.54) is 0 Å². The lowest BCUT2D eigenvalue weighted by atomic mass is 9.62. The summed E-state index contributed by atoms with van der Waals surface area (Å²) in [6, 6.07) is 21.1. The van der Waals surface area contributed by atoms with Crippen molar-refractivity contribution in [2.75, 3.05) is 13.2 Å². The highest BCUT2D eigenvalue weighted by Gasteiger charge is 2.76. The summed E-state index contributed by atoms with van der Waals surface area (Å²) < 4.78 is 25.1. The highest BCUT2D eigenvalue weighted by molar-refractivity contribution is 5.94. The van der Waals surface area contributed by atoms with Crippen molar-refractivity contribution in [3.63, 3.8) is 0 Å². The Bertz CT molecular complexity index is 2130. The number of amides is 2. The van der Waals surface area contributed by atoms with Gasteiger partial charge in [0.2, 0.25) is 11.8 Å². The first-order valence-corrected chi connectivity index (χ1v) is 20.8. The zero-order valence-electron chi connectivity index (χ0n) is 34.1. The Morgan fingerprint density at radius 1 is 0.950 bits per heavy atom. The Labute approximate surface area is 349 Å². The van der Waals surface area contributed by atoms with Crippen LogP contribution in [0.4, 0.5) is 0 Å². The molecule has 3 heterocycles. The Hall–Kier alpha value is -5.12. The van der Waals surface area contributed by atoms with Gasteiger partial charge in [-0.15, -0.1) is 0 Å². The number of carbonyl (C=O) groups excluding carboxylic acids is 4. The molecule has 4 fully saturated rings. The van der Waals surface area contributed by atoms with Crippen molar-refractivity contribution >= 4 is 29.8 Å². The molecule has 2 bridgehead atoms. The maximum absolute atomic E-state index is 14.8. The second kappa shape index (κ2) is 16.7. The van der Waals surface area contributed by atoms with E-state index in [-0.39, 0.29) is 51.1 Å². The third kappa shape index (κ3) is 8.31. The first-order valence-electron chi connectivity index (χ1n) is 20.8. The molecule has 14 heteroatoms. The van der Waals surface area contributed by atoms with Crippen LogP contribution in [0.2, 0.25) is 0 Å². The van der Waals surface area contributed by atoms with Crippen molar-refractivity contribution in [2.24, 2.45) is 5.41 Å². The van der Waals surface area contributed by atoms with Gasteiger partial charge in [0.05, 0.1) is 19.2 Å². The number of aliphatic hydroxyl groups excluding tert-OH is 1. The maximum atomic E-state index is 14.8. The second-order valence-electron chi connectivity index (χ2n) is 17.4. The Kier molecular flexibility index (Phi) is 11.6. The minimum Gasteiger partial charge on any atom is -0.508 e. The molecule has 14 nitrogen and oxygen atoms in total. The maximum Gasteiger partial charge on any atom is 0.327 e. The van der Waals surface area contributed by atoms with E-state index in [0.717, 1.165) is 27.8 Å². The molecule has 60 heavy (non-hydrogen) atoms. The minimum absolute atomic E-state index is 0.0128. The SMILES string of the molecule is CC(C)(C)OC(=O)CC[C@@H](CO)NC(=O)CCNC(=O)[C@@]12C[C@H]3OC(=O)[C@@H]1N(Cc1ccccc1C=CCc1ccccc1O)O[C@@H]2[C@H]1OC2(Cc4ccccc4C2)O[C@H]13. The summed E-state index contributed by atoms with van der Waals surface area (Å²) in [6.45, 7) is 4.99. The number of ether oxygens (including phenoxy) is 4. The number of hydrogen-bond donors (Lipinski definition) is 4. The smallest absolute Gasteiger partial charge is 0.327 e. The molecule has 0 aromatic heterocycles. The third-order valence-electron chi connectivity index (χ3n) is 12.1. The van der Waals surface area contributed by atoms with Crippen LogP contribution in [0.1, 0.15) is 74.3 Å². The highest BCUT2D eigenvalue weighted by atomic mass is 16.8. The standard InChI is InChI=1S/C46H53N3O11/c1-44(2,3)57-37(53)20-19-33(27-50)48-36(52)21-22-47-43(55)46-25-35-38-39(59-45(58-38)23-30-13-5-6-14-31(30)24-45)41(46)60-49(40(46)42(54)56-35)26-32-15-7-4-11-28(32)16-10-17-29-12-8-9-18-34(29)51/h4-16,18,33,35,38-41,50-51H,17,19-27H2,1-3H3,(H,47,55)(H,48,52)/t33-,35+,38-,39-,40-,41+,46-/m0/s1. The van der Waals surface area contributed by atoms with Crippen LogP contribution in [0.15, 0.2) is 78.9 Å². The van der Waals surface area contributed by atoms with Crippen molar-refractivity contribution in [1.29, 1.82) is 0 Å². The van der Waals surface area contributed by atoms with Crippen LogP contribution >= 0.6 is 0 Å². The number of phenolic OH excluding ortho intramolecular Hbond substituents is 1. The molecule has 2 amide bonds. The molecule has 0 radical (unpaired) electrons. The number of benzene rings is 3. The van der Waals surface area contributed by atoms with Crippen LogP contribution < -0.4 is 10.6 Å². The molecule has 1 spiro atoms.